The van der Waals surface area contributed by atoms with Gasteiger partial charge in [-0.15, -0.1) is 0 Å². The van der Waals surface area contributed by atoms with E-state index < -0.39 is 0 Å². The molecule has 1 aromatic heterocycles. The first-order valence-corrected chi connectivity index (χ1v) is 9.76. The molecule has 0 saturated carbocycles. The van der Waals surface area contributed by atoms with Crippen LogP contribution >= 0.6 is 0 Å². The van der Waals surface area contributed by atoms with Crippen LogP contribution in [0.5, 0.6) is 5.75 Å². The fourth-order valence-corrected chi connectivity index (χ4v) is 3.86. The predicted molar refractivity (Wildman–Crippen MR) is 111 cm³/mol. The first kappa shape index (κ1) is 19.1. The van der Waals surface area contributed by atoms with E-state index in [-0.39, 0.29) is 18.3 Å². The van der Waals surface area contributed by atoms with E-state index in [1.165, 1.54) is 0 Å². The highest BCUT2D eigenvalue weighted by molar-refractivity contribution is 5.96. The van der Waals surface area contributed by atoms with Crippen LogP contribution in [0.25, 0.3) is 11.0 Å². The fourth-order valence-electron chi connectivity index (χ4n) is 3.86. The minimum absolute atomic E-state index is 0.285. The molecule has 6 heteroatoms. The van der Waals surface area contributed by atoms with Crippen LogP contribution in [-0.2, 0) is 17.7 Å². The molecule has 1 aliphatic heterocycles. The van der Waals surface area contributed by atoms with E-state index in [2.05, 4.69) is 0 Å². The van der Waals surface area contributed by atoms with Crippen LogP contribution in [-0.4, -0.2) is 19.3 Å². The number of para-hydroxylation sites is 1. The van der Waals surface area contributed by atoms with Gasteiger partial charge in [0.15, 0.2) is 6.73 Å². The molecule has 0 radical (unpaired) electrons. The quantitative estimate of drug-likeness (QED) is 0.489. The number of benzene rings is 2. The molecule has 6 nitrogen and oxygen atoms in total. The topological polar surface area (TPSA) is 69.0 Å². The van der Waals surface area contributed by atoms with Crippen molar-refractivity contribution >= 4 is 22.6 Å². The number of esters is 1. The summed E-state index contributed by atoms with van der Waals surface area (Å²) in [6, 6.07) is 10.9. The summed E-state index contributed by atoms with van der Waals surface area (Å²) in [7, 11) is 0. The normalized spacial score (nSPS) is 13.1. The third-order valence-corrected chi connectivity index (χ3v) is 5.22. The van der Waals surface area contributed by atoms with Gasteiger partial charge >= 0.3 is 11.6 Å². The summed E-state index contributed by atoms with van der Waals surface area (Å²) in [5.41, 5.74) is 4.27. The van der Waals surface area contributed by atoms with Gasteiger partial charge in [0.25, 0.3) is 0 Å². The lowest BCUT2D eigenvalue weighted by Gasteiger charge is -2.32. The standard InChI is InChI=1S/C23H23NO5/c1-4-15-11-20(25)29-22-14(3)21-16(10-18(15)22)12-24(13-28-21)19-9-7-6-8-17(19)23(26)27-5-2/h6-11H,4-5,12-13H2,1-3H3. The first-order valence-electron chi connectivity index (χ1n) is 9.76. The van der Waals surface area contributed by atoms with E-state index in [9.17, 15) is 9.59 Å². The van der Waals surface area contributed by atoms with Crippen molar-refractivity contribution in [3.05, 3.63) is 69.1 Å². The van der Waals surface area contributed by atoms with Gasteiger partial charge in [-0.1, -0.05) is 19.1 Å². The van der Waals surface area contributed by atoms with Crippen molar-refractivity contribution < 1.29 is 18.7 Å². The van der Waals surface area contributed by atoms with Gasteiger partial charge in [-0.3, -0.25) is 0 Å². The Hall–Kier alpha value is -3.28. The van der Waals surface area contributed by atoms with Gasteiger partial charge in [0, 0.05) is 29.1 Å². The molecule has 3 aromatic rings. The zero-order valence-electron chi connectivity index (χ0n) is 16.8. The second kappa shape index (κ2) is 7.62. The average molecular weight is 393 g/mol. The largest absolute Gasteiger partial charge is 0.472 e. The van der Waals surface area contributed by atoms with Crippen molar-refractivity contribution in [2.24, 2.45) is 0 Å². The zero-order chi connectivity index (χ0) is 20.5. The molecule has 0 bridgehead atoms. The molecule has 0 amide bonds. The molecule has 0 N–H and O–H groups in total. The highest BCUT2D eigenvalue weighted by Crippen LogP contribution is 2.37. The lowest BCUT2D eigenvalue weighted by atomic mass is 9.99. The minimum Gasteiger partial charge on any atom is -0.472 e. The van der Waals surface area contributed by atoms with Crippen LogP contribution < -0.4 is 15.3 Å². The lowest BCUT2D eigenvalue weighted by Crippen LogP contribution is -2.33. The van der Waals surface area contributed by atoms with E-state index in [0.717, 1.165) is 39.9 Å². The van der Waals surface area contributed by atoms with Gasteiger partial charge in [0.05, 0.1) is 17.9 Å². The smallest absolute Gasteiger partial charge is 0.340 e. The van der Waals surface area contributed by atoms with Gasteiger partial charge in [0.1, 0.15) is 11.3 Å². The molecule has 2 aromatic carbocycles. The van der Waals surface area contributed by atoms with Crippen molar-refractivity contribution in [2.45, 2.75) is 33.7 Å². The number of fused-ring (bicyclic) bond motifs is 2. The third-order valence-electron chi connectivity index (χ3n) is 5.22. The molecule has 0 fully saturated rings. The molecular weight excluding hydrogens is 370 g/mol. The zero-order valence-corrected chi connectivity index (χ0v) is 16.8. The Morgan fingerprint density at radius 1 is 1.21 bits per heavy atom. The van der Waals surface area contributed by atoms with Gasteiger partial charge in [-0.25, -0.2) is 9.59 Å². The molecule has 0 unspecified atom stereocenters. The SMILES string of the molecule is CCOC(=O)c1ccccc1N1COc2c(cc3c(CC)cc(=O)oc3c2C)C1. The summed E-state index contributed by atoms with van der Waals surface area (Å²) >= 11 is 0. The number of carbonyl (C=O) groups is 1. The lowest BCUT2D eigenvalue weighted by molar-refractivity contribution is 0.0527. The van der Waals surface area contributed by atoms with E-state index >= 15 is 0 Å². The number of nitrogens with zero attached hydrogens (tertiary/aromatic N) is 1. The Bertz CT molecular complexity index is 1150. The highest BCUT2D eigenvalue weighted by Gasteiger charge is 2.25. The van der Waals surface area contributed by atoms with Gasteiger partial charge in [-0.05, 0) is 44.0 Å². The van der Waals surface area contributed by atoms with Gasteiger partial charge < -0.3 is 18.8 Å². The third kappa shape index (κ3) is 3.35. The molecule has 29 heavy (non-hydrogen) atoms. The number of carbonyl (C=O) groups excluding carboxylic acids is 1. The Morgan fingerprint density at radius 3 is 2.76 bits per heavy atom. The van der Waals surface area contributed by atoms with E-state index in [1.807, 2.05) is 43.0 Å². The molecule has 0 saturated heterocycles. The molecule has 0 spiro atoms. The summed E-state index contributed by atoms with van der Waals surface area (Å²) in [6.45, 7) is 6.90. The summed E-state index contributed by atoms with van der Waals surface area (Å²) < 4.78 is 16.7. The number of ether oxygens (including phenoxy) is 2. The predicted octanol–water partition coefficient (Wildman–Crippen LogP) is 4.20. The number of rotatable bonds is 4. The monoisotopic (exact) mass is 393 g/mol. The Labute approximate surface area is 168 Å². The summed E-state index contributed by atoms with van der Waals surface area (Å²) in [5.74, 6) is 0.386. The maximum Gasteiger partial charge on any atom is 0.340 e. The number of hydrogen-bond acceptors (Lipinski definition) is 6. The maximum atomic E-state index is 12.4. The summed E-state index contributed by atoms with van der Waals surface area (Å²) in [5, 5.41) is 0.924. The first-order chi connectivity index (χ1) is 14.0. The van der Waals surface area contributed by atoms with Gasteiger partial charge in [0.2, 0.25) is 0 Å². The Kier molecular flexibility index (Phi) is 5.01. The highest BCUT2D eigenvalue weighted by atomic mass is 16.5. The van der Waals surface area contributed by atoms with Crippen molar-refractivity contribution in [1.82, 2.24) is 0 Å². The van der Waals surface area contributed by atoms with E-state index in [1.54, 1.807) is 19.1 Å². The molecule has 150 valence electrons. The van der Waals surface area contributed by atoms with Crippen LogP contribution in [0, 0.1) is 6.92 Å². The Balaban J connectivity index is 1.78. The second-order valence-electron chi connectivity index (χ2n) is 7.02. The number of anilines is 1. The van der Waals surface area contributed by atoms with Crippen LogP contribution in [0.4, 0.5) is 5.69 Å². The fraction of sp³-hybridized carbons (Fsp3) is 0.304. The molecule has 2 heterocycles. The second-order valence-corrected chi connectivity index (χ2v) is 7.02. The molecule has 0 aliphatic carbocycles. The molecular formula is C23H23NO5. The van der Waals surface area contributed by atoms with Crippen LogP contribution in [0.2, 0.25) is 0 Å². The molecule has 4 rings (SSSR count). The number of hydrogen-bond donors (Lipinski definition) is 0. The maximum absolute atomic E-state index is 12.4. The van der Waals surface area contributed by atoms with Crippen molar-refractivity contribution in [3.8, 4) is 5.75 Å². The van der Waals surface area contributed by atoms with Crippen molar-refractivity contribution in [1.29, 1.82) is 0 Å². The molecule has 1 aliphatic rings. The Morgan fingerprint density at radius 2 is 2.00 bits per heavy atom. The minimum atomic E-state index is -0.349. The summed E-state index contributed by atoms with van der Waals surface area (Å²) in [4.78, 5) is 26.3. The van der Waals surface area contributed by atoms with Crippen LogP contribution in [0.15, 0.2) is 45.6 Å². The van der Waals surface area contributed by atoms with Crippen LogP contribution in [0.3, 0.4) is 0 Å². The van der Waals surface area contributed by atoms with Crippen molar-refractivity contribution in [2.75, 3.05) is 18.2 Å². The van der Waals surface area contributed by atoms with Crippen LogP contribution in [0.1, 0.15) is 40.9 Å². The average Bonchev–Trinajstić information content (AvgIpc) is 2.74. The summed E-state index contributed by atoms with van der Waals surface area (Å²) in [6.07, 6.45) is 0.733. The van der Waals surface area contributed by atoms with E-state index in [0.29, 0.717) is 24.3 Å². The van der Waals surface area contributed by atoms with Crippen molar-refractivity contribution in [3.63, 3.8) is 0 Å². The van der Waals surface area contributed by atoms with E-state index in [4.69, 9.17) is 13.9 Å². The number of aryl methyl sites for hydroxylation is 2. The molecule has 0 atom stereocenters. The van der Waals surface area contributed by atoms with Gasteiger partial charge in [-0.2, -0.15) is 0 Å².